The molecule has 0 heterocycles. The van der Waals surface area contributed by atoms with Crippen LogP contribution in [0.25, 0.3) is 0 Å². The van der Waals surface area contributed by atoms with Gasteiger partial charge in [-0.05, 0) is 62.1 Å². The highest BCUT2D eigenvalue weighted by Crippen LogP contribution is 2.23. The number of halogens is 2. The molecular formula is C26H33Cl2N3O4S. The lowest BCUT2D eigenvalue weighted by atomic mass is 10.1. The lowest BCUT2D eigenvalue weighted by Crippen LogP contribution is -2.49. The molecule has 0 aromatic heterocycles. The van der Waals surface area contributed by atoms with Crippen molar-refractivity contribution in [2.45, 2.75) is 64.1 Å². The van der Waals surface area contributed by atoms with Gasteiger partial charge in [0.05, 0.1) is 11.9 Å². The van der Waals surface area contributed by atoms with Crippen LogP contribution in [0.1, 0.15) is 51.0 Å². The molecule has 0 spiro atoms. The van der Waals surface area contributed by atoms with Crippen LogP contribution < -0.4 is 9.62 Å². The summed E-state index contributed by atoms with van der Waals surface area (Å²) in [5, 5.41) is 4.09. The van der Waals surface area contributed by atoms with E-state index in [2.05, 4.69) is 5.32 Å². The standard InChI is InChI=1S/C26H33Cl2N3O4S/c1-19(26(33)29-23-8-3-4-9-23)30(18-20-12-14-21(27)15-13-20)25(32)11-6-16-31(36(2,34)35)24-10-5-7-22(28)17-24/h5,7,10,12-15,17,19,23H,3-4,6,8-9,11,16,18H2,1-2H3,(H,29,33)/t19-/m0/s1. The highest BCUT2D eigenvalue weighted by atomic mass is 35.5. The van der Waals surface area contributed by atoms with E-state index >= 15 is 0 Å². The zero-order valence-electron chi connectivity index (χ0n) is 20.6. The maximum Gasteiger partial charge on any atom is 0.242 e. The molecular weight excluding hydrogens is 521 g/mol. The fraction of sp³-hybridized carbons (Fsp3) is 0.462. The Morgan fingerprint density at radius 1 is 1.06 bits per heavy atom. The molecule has 1 atom stereocenters. The molecule has 2 aromatic carbocycles. The summed E-state index contributed by atoms with van der Waals surface area (Å²) in [5.74, 6) is -0.403. The Labute approximate surface area is 223 Å². The number of hydrogen-bond acceptors (Lipinski definition) is 4. The number of benzene rings is 2. The molecule has 3 rings (SSSR count). The predicted molar refractivity (Wildman–Crippen MR) is 145 cm³/mol. The zero-order valence-corrected chi connectivity index (χ0v) is 23.0. The van der Waals surface area contributed by atoms with Crippen LogP contribution in [0.2, 0.25) is 10.0 Å². The third-order valence-electron chi connectivity index (χ3n) is 6.38. The summed E-state index contributed by atoms with van der Waals surface area (Å²) in [5.41, 5.74) is 1.30. The maximum absolute atomic E-state index is 13.4. The number of carbonyl (C=O) groups excluding carboxylic acids is 2. The summed E-state index contributed by atoms with van der Waals surface area (Å²) in [4.78, 5) is 27.9. The van der Waals surface area contributed by atoms with Gasteiger partial charge in [0.2, 0.25) is 21.8 Å². The van der Waals surface area contributed by atoms with Crippen molar-refractivity contribution in [3.8, 4) is 0 Å². The quantitative estimate of drug-likeness (QED) is 0.423. The number of carbonyl (C=O) groups is 2. The molecule has 0 radical (unpaired) electrons. The number of amides is 2. The number of sulfonamides is 1. The van der Waals surface area contributed by atoms with E-state index in [0.29, 0.717) is 15.7 Å². The molecule has 1 saturated carbocycles. The molecule has 196 valence electrons. The molecule has 36 heavy (non-hydrogen) atoms. The van der Waals surface area contributed by atoms with E-state index in [1.165, 1.54) is 4.31 Å². The number of rotatable bonds is 11. The highest BCUT2D eigenvalue weighted by molar-refractivity contribution is 7.92. The van der Waals surface area contributed by atoms with E-state index < -0.39 is 16.1 Å². The van der Waals surface area contributed by atoms with E-state index in [1.807, 2.05) is 12.1 Å². The Morgan fingerprint density at radius 2 is 1.72 bits per heavy atom. The highest BCUT2D eigenvalue weighted by Gasteiger charge is 2.28. The number of nitrogens with zero attached hydrogens (tertiary/aromatic N) is 2. The molecule has 1 aliphatic rings. The van der Waals surface area contributed by atoms with Gasteiger partial charge in [-0.25, -0.2) is 8.42 Å². The summed E-state index contributed by atoms with van der Waals surface area (Å²) in [6.07, 6.45) is 5.58. The van der Waals surface area contributed by atoms with Crippen molar-refractivity contribution in [3.05, 3.63) is 64.1 Å². The Kier molecular flexibility index (Phi) is 10.0. The van der Waals surface area contributed by atoms with E-state index in [-0.39, 0.29) is 43.8 Å². The molecule has 1 aliphatic carbocycles. The van der Waals surface area contributed by atoms with Crippen molar-refractivity contribution in [1.29, 1.82) is 0 Å². The second-order valence-corrected chi connectivity index (χ2v) is 12.0. The van der Waals surface area contributed by atoms with Crippen molar-refractivity contribution in [2.24, 2.45) is 0 Å². The van der Waals surface area contributed by atoms with Gasteiger partial charge in [0.15, 0.2) is 0 Å². The lowest BCUT2D eigenvalue weighted by Gasteiger charge is -2.30. The SMILES string of the molecule is C[C@@H](C(=O)NC1CCCC1)N(Cc1ccc(Cl)cc1)C(=O)CCCN(c1cccc(Cl)c1)S(C)(=O)=O. The van der Waals surface area contributed by atoms with Crippen LogP contribution >= 0.6 is 23.2 Å². The van der Waals surface area contributed by atoms with Gasteiger partial charge in [-0.1, -0.05) is 54.2 Å². The number of nitrogens with one attached hydrogen (secondary N) is 1. The topological polar surface area (TPSA) is 86.8 Å². The fourth-order valence-electron chi connectivity index (χ4n) is 4.40. The molecule has 7 nitrogen and oxygen atoms in total. The summed E-state index contributed by atoms with van der Waals surface area (Å²) in [7, 11) is -3.58. The van der Waals surface area contributed by atoms with Crippen LogP contribution in [0, 0.1) is 0 Å². The number of anilines is 1. The summed E-state index contributed by atoms with van der Waals surface area (Å²) in [6, 6.07) is 13.2. The average Bonchev–Trinajstić information content (AvgIpc) is 3.33. The number of hydrogen-bond donors (Lipinski definition) is 1. The smallest absolute Gasteiger partial charge is 0.242 e. The molecule has 1 fully saturated rings. The fourth-order valence-corrected chi connectivity index (χ4v) is 5.66. The van der Waals surface area contributed by atoms with Gasteiger partial charge < -0.3 is 10.2 Å². The Hall–Kier alpha value is -2.29. The minimum absolute atomic E-state index is 0.0845. The normalized spacial score (nSPS) is 14.9. The molecule has 0 aliphatic heterocycles. The first-order valence-corrected chi connectivity index (χ1v) is 14.7. The molecule has 0 unspecified atom stereocenters. The predicted octanol–water partition coefficient (Wildman–Crippen LogP) is 5.02. The van der Waals surface area contributed by atoms with Gasteiger partial charge in [0, 0.05) is 35.6 Å². The van der Waals surface area contributed by atoms with Crippen molar-refractivity contribution in [3.63, 3.8) is 0 Å². The molecule has 10 heteroatoms. The molecule has 0 saturated heterocycles. The Bertz CT molecular complexity index is 1150. The first-order valence-electron chi connectivity index (χ1n) is 12.1. The second-order valence-electron chi connectivity index (χ2n) is 9.23. The van der Waals surface area contributed by atoms with Gasteiger partial charge in [0.25, 0.3) is 0 Å². The minimum atomic E-state index is -3.58. The second kappa shape index (κ2) is 12.8. The van der Waals surface area contributed by atoms with Crippen molar-refractivity contribution in [1.82, 2.24) is 10.2 Å². The van der Waals surface area contributed by atoms with E-state index in [4.69, 9.17) is 23.2 Å². The first kappa shape index (κ1) is 28.3. The van der Waals surface area contributed by atoms with Crippen LogP contribution in [0.4, 0.5) is 5.69 Å². The molecule has 2 amide bonds. The van der Waals surface area contributed by atoms with Gasteiger partial charge in [-0.15, -0.1) is 0 Å². The van der Waals surface area contributed by atoms with Crippen LogP contribution in [0.15, 0.2) is 48.5 Å². The van der Waals surface area contributed by atoms with Crippen molar-refractivity contribution < 1.29 is 18.0 Å². The monoisotopic (exact) mass is 553 g/mol. The molecule has 2 aromatic rings. The van der Waals surface area contributed by atoms with E-state index in [0.717, 1.165) is 37.5 Å². The lowest BCUT2D eigenvalue weighted by molar-refractivity contribution is -0.141. The first-order chi connectivity index (χ1) is 17.0. The zero-order chi connectivity index (χ0) is 26.3. The van der Waals surface area contributed by atoms with Crippen LogP contribution in [0.3, 0.4) is 0 Å². The van der Waals surface area contributed by atoms with Crippen LogP contribution in [-0.2, 0) is 26.2 Å². The summed E-state index contributed by atoms with van der Waals surface area (Å²) in [6.45, 7) is 2.09. The van der Waals surface area contributed by atoms with Gasteiger partial charge in [-0.3, -0.25) is 13.9 Å². The van der Waals surface area contributed by atoms with Crippen LogP contribution in [-0.4, -0.2) is 50.0 Å². The third-order valence-corrected chi connectivity index (χ3v) is 8.06. The maximum atomic E-state index is 13.4. The summed E-state index contributed by atoms with van der Waals surface area (Å²) < 4.78 is 26.1. The van der Waals surface area contributed by atoms with Crippen molar-refractivity contribution >= 4 is 50.7 Å². The Morgan fingerprint density at radius 3 is 2.33 bits per heavy atom. The van der Waals surface area contributed by atoms with E-state index in [9.17, 15) is 18.0 Å². The third kappa shape index (κ3) is 8.11. The van der Waals surface area contributed by atoms with E-state index in [1.54, 1.807) is 48.2 Å². The summed E-state index contributed by atoms with van der Waals surface area (Å²) >= 11 is 12.1. The molecule has 0 bridgehead atoms. The van der Waals surface area contributed by atoms with Gasteiger partial charge in [0.1, 0.15) is 6.04 Å². The average molecular weight is 555 g/mol. The van der Waals surface area contributed by atoms with Gasteiger partial charge >= 0.3 is 0 Å². The van der Waals surface area contributed by atoms with Crippen LogP contribution in [0.5, 0.6) is 0 Å². The minimum Gasteiger partial charge on any atom is -0.352 e. The Balaban J connectivity index is 1.71. The largest absolute Gasteiger partial charge is 0.352 e. The molecule has 1 N–H and O–H groups in total. The van der Waals surface area contributed by atoms with Crippen molar-refractivity contribution in [2.75, 3.05) is 17.1 Å². The van der Waals surface area contributed by atoms with Gasteiger partial charge in [-0.2, -0.15) is 0 Å².